The highest BCUT2D eigenvalue weighted by molar-refractivity contribution is 9.10. The highest BCUT2D eigenvalue weighted by Crippen LogP contribution is 2.26. The molecule has 1 atom stereocenters. The number of hydrogen-bond acceptors (Lipinski definition) is 4. The summed E-state index contributed by atoms with van der Waals surface area (Å²) < 4.78 is 28.0. The molecule has 20 heavy (non-hydrogen) atoms. The number of rotatable bonds is 3. The SMILES string of the molecule is Cc1c(N)cc(Br)cc1S(=O)(=O)NC1CCC(=O)NC1. The molecular weight excluding hydrogens is 346 g/mol. The lowest BCUT2D eigenvalue weighted by molar-refractivity contribution is -0.122. The van der Waals surface area contributed by atoms with Crippen molar-refractivity contribution >= 4 is 37.5 Å². The summed E-state index contributed by atoms with van der Waals surface area (Å²) >= 11 is 3.24. The number of carbonyl (C=O) groups is 1. The van der Waals surface area contributed by atoms with Crippen molar-refractivity contribution in [3.05, 3.63) is 22.2 Å². The molecule has 0 saturated carbocycles. The number of nitrogen functional groups attached to an aromatic ring is 1. The smallest absolute Gasteiger partial charge is 0.241 e. The quantitative estimate of drug-likeness (QED) is 0.696. The Morgan fingerprint density at radius 3 is 2.75 bits per heavy atom. The summed E-state index contributed by atoms with van der Waals surface area (Å²) in [6, 6.07) is 2.89. The molecule has 1 aliphatic rings. The Bertz CT molecular complexity index is 636. The minimum atomic E-state index is -3.66. The van der Waals surface area contributed by atoms with Crippen LogP contribution >= 0.6 is 15.9 Å². The lowest BCUT2D eigenvalue weighted by atomic mass is 10.1. The van der Waals surface area contributed by atoms with Gasteiger partial charge in [0.15, 0.2) is 0 Å². The van der Waals surface area contributed by atoms with Crippen molar-refractivity contribution in [2.45, 2.75) is 30.7 Å². The van der Waals surface area contributed by atoms with Gasteiger partial charge in [0.05, 0.1) is 4.90 Å². The summed E-state index contributed by atoms with van der Waals surface area (Å²) in [5.74, 6) is -0.0525. The van der Waals surface area contributed by atoms with E-state index < -0.39 is 10.0 Å². The van der Waals surface area contributed by atoms with Gasteiger partial charge in [-0.25, -0.2) is 13.1 Å². The van der Waals surface area contributed by atoms with Crippen molar-refractivity contribution in [2.75, 3.05) is 12.3 Å². The molecule has 2 rings (SSSR count). The Kier molecular flexibility index (Phi) is 4.36. The average molecular weight is 362 g/mol. The van der Waals surface area contributed by atoms with Gasteiger partial charge >= 0.3 is 0 Å². The molecule has 0 radical (unpaired) electrons. The number of carbonyl (C=O) groups excluding carboxylic acids is 1. The summed E-state index contributed by atoms with van der Waals surface area (Å²) in [6.45, 7) is 1.97. The number of anilines is 1. The van der Waals surface area contributed by atoms with Gasteiger partial charge in [0.2, 0.25) is 15.9 Å². The van der Waals surface area contributed by atoms with Crippen LogP contribution in [0.25, 0.3) is 0 Å². The first kappa shape index (κ1) is 15.3. The molecule has 6 nitrogen and oxygen atoms in total. The van der Waals surface area contributed by atoms with E-state index in [1.807, 2.05) is 0 Å². The predicted octanol–water partition coefficient (Wildman–Crippen LogP) is 0.897. The zero-order valence-electron chi connectivity index (χ0n) is 10.9. The maximum Gasteiger partial charge on any atom is 0.241 e. The standard InChI is InChI=1S/C12H16BrN3O3S/c1-7-10(14)4-8(13)5-11(7)20(18,19)16-9-2-3-12(17)15-6-9/h4-5,9,16H,2-3,6,14H2,1H3,(H,15,17). The molecule has 4 N–H and O–H groups in total. The van der Waals surface area contributed by atoms with E-state index in [1.54, 1.807) is 13.0 Å². The van der Waals surface area contributed by atoms with Crippen LogP contribution in [-0.2, 0) is 14.8 Å². The van der Waals surface area contributed by atoms with Crippen molar-refractivity contribution in [1.82, 2.24) is 10.0 Å². The highest BCUT2D eigenvalue weighted by Gasteiger charge is 2.26. The first-order chi connectivity index (χ1) is 9.29. The average Bonchev–Trinajstić information content (AvgIpc) is 2.36. The largest absolute Gasteiger partial charge is 0.398 e. The maximum atomic E-state index is 12.4. The molecule has 1 aliphatic heterocycles. The van der Waals surface area contributed by atoms with E-state index in [0.29, 0.717) is 35.1 Å². The van der Waals surface area contributed by atoms with E-state index in [4.69, 9.17) is 5.73 Å². The molecule has 1 heterocycles. The Balaban J connectivity index is 2.25. The molecule has 8 heteroatoms. The highest BCUT2D eigenvalue weighted by atomic mass is 79.9. The normalized spacial score (nSPS) is 19.7. The molecule has 0 aliphatic carbocycles. The maximum absolute atomic E-state index is 12.4. The molecule has 0 spiro atoms. The first-order valence-corrected chi connectivity index (χ1v) is 8.42. The minimum absolute atomic E-state index is 0.0525. The van der Waals surface area contributed by atoms with Gasteiger partial charge in [-0.3, -0.25) is 4.79 Å². The molecule has 1 aromatic carbocycles. The number of hydrogen-bond donors (Lipinski definition) is 3. The summed E-state index contributed by atoms with van der Waals surface area (Å²) in [6.07, 6.45) is 0.820. The lowest BCUT2D eigenvalue weighted by Gasteiger charge is -2.24. The number of nitrogens with one attached hydrogen (secondary N) is 2. The Morgan fingerprint density at radius 2 is 2.15 bits per heavy atom. The fraction of sp³-hybridized carbons (Fsp3) is 0.417. The number of sulfonamides is 1. The van der Waals surface area contributed by atoms with E-state index in [0.717, 1.165) is 0 Å². The van der Waals surface area contributed by atoms with Gasteiger partial charge in [0, 0.05) is 29.2 Å². The van der Waals surface area contributed by atoms with Gasteiger partial charge in [-0.05, 0) is 31.0 Å². The van der Waals surface area contributed by atoms with Crippen molar-refractivity contribution in [1.29, 1.82) is 0 Å². The van der Waals surface area contributed by atoms with Crippen molar-refractivity contribution in [3.8, 4) is 0 Å². The zero-order valence-corrected chi connectivity index (χ0v) is 13.3. The van der Waals surface area contributed by atoms with Gasteiger partial charge in [-0.1, -0.05) is 15.9 Å². The third-order valence-corrected chi connectivity index (χ3v) is 5.35. The number of piperidine rings is 1. The third kappa shape index (κ3) is 3.31. The molecular formula is C12H16BrN3O3S. The fourth-order valence-electron chi connectivity index (χ4n) is 2.07. The number of halogens is 1. The number of amides is 1. The van der Waals surface area contributed by atoms with Crippen LogP contribution in [0, 0.1) is 6.92 Å². The van der Waals surface area contributed by atoms with Gasteiger partial charge < -0.3 is 11.1 Å². The molecule has 1 aromatic rings. The van der Waals surface area contributed by atoms with Crippen LogP contribution in [0.2, 0.25) is 0 Å². The molecule has 0 aromatic heterocycles. The monoisotopic (exact) mass is 361 g/mol. The van der Waals surface area contributed by atoms with Crippen LogP contribution in [0.3, 0.4) is 0 Å². The van der Waals surface area contributed by atoms with Crippen LogP contribution in [0.4, 0.5) is 5.69 Å². The summed E-state index contributed by atoms with van der Waals surface area (Å²) in [5, 5.41) is 2.64. The summed E-state index contributed by atoms with van der Waals surface area (Å²) in [4.78, 5) is 11.2. The fourth-order valence-corrected chi connectivity index (χ4v) is 4.27. The molecule has 1 amide bonds. The van der Waals surface area contributed by atoms with Crippen LogP contribution in [0.1, 0.15) is 18.4 Å². The molecule has 0 bridgehead atoms. The Morgan fingerprint density at radius 1 is 1.45 bits per heavy atom. The first-order valence-electron chi connectivity index (χ1n) is 6.14. The second kappa shape index (κ2) is 5.71. The summed E-state index contributed by atoms with van der Waals surface area (Å²) in [7, 11) is -3.66. The van der Waals surface area contributed by atoms with Crippen LogP contribution in [0.15, 0.2) is 21.5 Å². The molecule has 110 valence electrons. The molecule has 1 saturated heterocycles. The van der Waals surface area contributed by atoms with Crippen LogP contribution < -0.4 is 15.8 Å². The van der Waals surface area contributed by atoms with E-state index in [1.165, 1.54) is 6.07 Å². The van der Waals surface area contributed by atoms with E-state index >= 15 is 0 Å². The number of nitrogens with two attached hydrogens (primary N) is 1. The van der Waals surface area contributed by atoms with Crippen molar-refractivity contribution in [2.24, 2.45) is 0 Å². The lowest BCUT2D eigenvalue weighted by Crippen LogP contribution is -2.47. The summed E-state index contributed by atoms with van der Waals surface area (Å²) in [5.41, 5.74) is 6.72. The van der Waals surface area contributed by atoms with E-state index in [2.05, 4.69) is 26.0 Å². The van der Waals surface area contributed by atoms with Crippen LogP contribution in [-0.4, -0.2) is 26.9 Å². The van der Waals surface area contributed by atoms with Crippen molar-refractivity contribution in [3.63, 3.8) is 0 Å². The van der Waals surface area contributed by atoms with E-state index in [-0.39, 0.29) is 16.8 Å². The minimum Gasteiger partial charge on any atom is -0.398 e. The Hall–Kier alpha value is -1.12. The third-order valence-electron chi connectivity index (χ3n) is 3.24. The Labute approximate surface area is 126 Å². The van der Waals surface area contributed by atoms with Crippen LogP contribution in [0.5, 0.6) is 0 Å². The molecule has 1 unspecified atom stereocenters. The number of benzene rings is 1. The van der Waals surface area contributed by atoms with Gasteiger partial charge in [0.1, 0.15) is 0 Å². The van der Waals surface area contributed by atoms with Gasteiger partial charge in [0.25, 0.3) is 0 Å². The second-order valence-electron chi connectivity index (χ2n) is 4.78. The second-order valence-corrected chi connectivity index (χ2v) is 7.38. The van der Waals surface area contributed by atoms with E-state index in [9.17, 15) is 13.2 Å². The van der Waals surface area contributed by atoms with Gasteiger partial charge in [-0.15, -0.1) is 0 Å². The van der Waals surface area contributed by atoms with Gasteiger partial charge in [-0.2, -0.15) is 0 Å². The topological polar surface area (TPSA) is 101 Å². The molecule has 1 fully saturated rings. The van der Waals surface area contributed by atoms with Crippen molar-refractivity contribution < 1.29 is 13.2 Å². The zero-order chi connectivity index (χ0) is 14.9. The predicted molar refractivity (Wildman–Crippen MR) is 79.6 cm³/mol.